The zero-order valence-electron chi connectivity index (χ0n) is 5.17. The molecule has 1 radical (unpaired) electrons. The molecule has 0 rings (SSSR count). The molecule has 0 aliphatic carbocycles. The monoisotopic (exact) mass is 227 g/mol. The van der Waals surface area contributed by atoms with Crippen LogP contribution >= 0.6 is 0 Å². The third-order valence-electron chi connectivity index (χ3n) is 0. The summed E-state index contributed by atoms with van der Waals surface area (Å²) in [7, 11) is -5.17. The smallest absolute Gasteiger partial charge is 0.759 e. The average molecular weight is 228 g/mol. The zero-order valence-corrected chi connectivity index (χ0v) is 6.93. The zero-order chi connectivity index (χ0) is 4.50. The molecule has 0 fully saturated rings. The molecule has 10 heavy (non-hydrogen) atoms. The predicted octanol–water partition coefficient (Wildman–Crippen LogP) is -0.693. The Hall–Kier alpha value is 0.229. The number of hydrogen-bond donors (Lipinski definition) is 4. The van der Waals surface area contributed by atoms with Crippen LogP contribution in [0, 0.1) is 0 Å². The van der Waals surface area contributed by atoms with Gasteiger partial charge in [0.15, 0.2) is 0 Å². The summed E-state index contributed by atoms with van der Waals surface area (Å²) in [5.41, 5.74) is 0. The molecule has 0 unspecified atom stereocenters. The van der Waals surface area contributed by atoms with E-state index in [1.807, 2.05) is 0 Å². The third-order valence-corrected chi connectivity index (χ3v) is 0. The van der Waals surface area contributed by atoms with Crippen molar-refractivity contribution in [3.63, 3.8) is 0 Å². The van der Waals surface area contributed by atoms with E-state index in [2.05, 4.69) is 0 Å². The topological polar surface area (TPSA) is 220 Å². The molecule has 73 valence electrons. The van der Waals surface area contributed by atoms with Gasteiger partial charge in [-0.1, -0.05) is 0 Å². The summed E-state index contributed by atoms with van der Waals surface area (Å²) in [6.45, 7) is 0. The molecule has 8 nitrogen and oxygen atoms in total. The van der Waals surface area contributed by atoms with Crippen molar-refractivity contribution in [1.29, 1.82) is 0 Å². The standard InChI is InChI=1S/Cu.4H3N.H2O4S/c;;;;;1-5(2,3)4/h;4*1H3;(H2,1,2,3,4)/q+2;;;;;/p-2. The van der Waals surface area contributed by atoms with Crippen molar-refractivity contribution >= 4 is 10.4 Å². The molecule has 0 saturated heterocycles. The third kappa shape index (κ3) is 8170. The van der Waals surface area contributed by atoms with Gasteiger partial charge in [0, 0.05) is 10.4 Å². The van der Waals surface area contributed by atoms with Crippen LogP contribution in [0.3, 0.4) is 0 Å². The minimum atomic E-state index is -5.17. The van der Waals surface area contributed by atoms with Crippen molar-refractivity contribution in [2.24, 2.45) is 0 Å². The summed E-state index contributed by atoms with van der Waals surface area (Å²) in [6.07, 6.45) is 0. The second-order valence-electron chi connectivity index (χ2n) is 0.408. The fourth-order valence-corrected chi connectivity index (χ4v) is 0. The summed E-state index contributed by atoms with van der Waals surface area (Å²) in [5.74, 6) is 0. The molecule has 0 saturated carbocycles. The Labute approximate surface area is 70.1 Å². The van der Waals surface area contributed by atoms with Crippen molar-refractivity contribution in [2.45, 2.75) is 0 Å². The van der Waals surface area contributed by atoms with Gasteiger partial charge < -0.3 is 33.7 Å². The van der Waals surface area contributed by atoms with Gasteiger partial charge in [-0.25, -0.2) is 0 Å². The van der Waals surface area contributed by atoms with Crippen LogP contribution in [-0.4, -0.2) is 17.5 Å². The van der Waals surface area contributed by atoms with Crippen LogP contribution in [0.25, 0.3) is 0 Å². The molecule has 0 amide bonds. The fourth-order valence-electron chi connectivity index (χ4n) is 0. The maximum Gasteiger partial charge on any atom is 2.00 e. The van der Waals surface area contributed by atoms with Gasteiger partial charge in [0.25, 0.3) is 0 Å². The summed E-state index contributed by atoms with van der Waals surface area (Å²) < 4.78 is 34.1. The van der Waals surface area contributed by atoms with Gasteiger partial charge >= 0.3 is 17.1 Å². The molecule has 0 spiro atoms. The van der Waals surface area contributed by atoms with Gasteiger partial charge in [-0.2, -0.15) is 0 Å². The predicted molar refractivity (Wildman–Crippen MR) is 30.6 cm³/mol. The van der Waals surface area contributed by atoms with Crippen molar-refractivity contribution in [1.82, 2.24) is 24.6 Å². The van der Waals surface area contributed by atoms with E-state index in [-0.39, 0.29) is 41.7 Å². The van der Waals surface area contributed by atoms with Crippen LogP contribution in [-0.2, 0) is 27.5 Å². The van der Waals surface area contributed by atoms with Gasteiger partial charge in [-0.3, -0.25) is 8.42 Å². The Morgan fingerprint density at radius 3 is 0.800 bits per heavy atom. The van der Waals surface area contributed by atoms with E-state index in [9.17, 15) is 0 Å². The molecule has 12 N–H and O–H groups in total. The van der Waals surface area contributed by atoms with Gasteiger partial charge in [0.1, 0.15) is 0 Å². The van der Waals surface area contributed by atoms with Crippen LogP contribution in [0.5, 0.6) is 0 Å². The number of rotatable bonds is 0. The Bertz CT molecular complexity index is 100. The fraction of sp³-hybridized carbons (Fsp3) is 0. The van der Waals surface area contributed by atoms with Crippen molar-refractivity contribution in [3.05, 3.63) is 0 Å². The van der Waals surface area contributed by atoms with Crippen LogP contribution < -0.4 is 24.6 Å². The molecule has 0 atom stereocenters. The molecule has 0 aliphatic heterocycles. The SMILES string of the molecule is N.N.N.N.O=S(=O)([O-])[O-].[Cu+2]. The molecular weight excluding hydrogens is 216 g/mol. The summed E-state index contributed by atoms with van der Waals surface area (Å²) in [4.78, 5) is 0. The second-order valence-corrected chi connectivity index (χ2v) is 1.22. The molecule has 0 bridgehead atoms. The van der Waals surface area contributed by atoms with Crippen molar-refractivity contribution < 1.29 is 34.6 Å². The quantitative estimate of drug-likeness (QED) is 0.235. The van der Waals surface area contributed by atoms with Gasteiger partial charge in [0.05, 0.1) is 0 Å². The van der Waals surface area contributed by atoms with E-state index in [4.69, 9.17) is 17.5 Å². The maximum absolute atomic E-state index is 8.52. The molecule has 0 aromatic rings. The normalized spacial score (nSPS) is 5.80. The summed E-state index contributed by atoms with van der Waals surface area (Å²) in [6, 6.07) is 0. The summed E-state index contributed by atoms with van der Waals surface area (Å²) >= 11 is 0. The van der Waals surface area contributed by atoms with E-state index in [0.29, 0.717) is 0 Å². The first kappa shape index (κ1) is 48.7. The van der Waals surface area contributed by atoms with Crippen LogP contribution in [0.15, 0.2) is 0 Å². The van der Waals surface area contributed by atoms with E-state index in [1.165, 1.54) is 0 Å². The van der Waals surface area contributed by atoms with Gasteiger partial charge in [0.2, 0.25) is 0 Å². The first-order chi connectivity index (χ1) is 2.00. The van der Waals surface area contributed by atoms with Gasteiger partial charge in [-0.15, -0.1) is 0 Å². The first-order valence-corrected chi connectivity index (χ1v) is 2.00. The minimum absolute atomic E-state index is 0. The van der Waals surface area contributed by atoms with E-state index in [1.54, 1.807) is 0 Å². The average Bonchev–Trinajstić information content (AvgIpc) is 0.722. The van der Waals surface area contributed by atoms with Crippen molar-refractivity contribution in [2.75, 3.05) is 0 Å². The molecule has 0 aliphatic rings. The van der Waals surface area contributed by atoms with Crippen LogP contribution in [0.1, 0.15) is 0 Å². The van der Waals surface area contributed by atoms with E-state index >= 15 is 0 Å². The largest absolute Gasteiger partial charge is 2.00 e. The molecule has 10 heteroatoms. The van der Waals surface area contributed by atoms with E-state index < -0.39 is 10.4 Å². The van der Waals surface area contributed by atoms with Gasteiger partial charge in [-0.05, 0) is 0 Å². The Balaban J connectivity index is -0.00000000800. The Morgan fingerprint density at radius 1 is 0.800 bits per heavy atom. The maximum atomic E-state index is 8.52. The molecule has 0 heterocycles. The molecule has 0 aromatic carbocycles. The minimum Gasteiger partial charge on any atom is -0.759 e. The molecule has 0 aromatic heterocycles. The molecular formula is H12CuN4O4S. The van der Waals surface area contributed by atoms with Crippen molar-refractivity contribution in [3.8, 4) is 0 Å². The Morgan fingerprint density at radius 2 is 0.800 bits per heavy atom. The summed E-state index contributed by atoms with van der Waals surface area (Å²) in [5, 5.41) is 0. The van der Waals surface area contributed by atoms with Crippen LogP contribution in [0.2, 0.25) is 0 Å². The Kier molecular flexibility index (Phi) is 78.5. The number of hydrogen-bond acceptors (Lipinski definition) is 8. The first-order valence-electron chi connectivity index (χ1n) is 0.667. The van der Waals surface area contributed by atoms with E-state index in [0.717, 1.165) is 0 Å². The second kappa shape index (κ2) is 16.1. The van der Waals surface area contributed by atoms with Crippen LogP contribution in [0.4, 0.5) is 0 Å².